The predicted octanol–water partition coefficient (Wildman–Crippen LogP) is 2.51. The van der Waals surface area contributed by atoms with E-state index in [2.05, 4.69) is 26.1 Å². The largest absolute Gasteiger partial charge is 0.340 e. The summed E-state index contributed by atoms with van der Waals surface area (Å²) in [6.07, 6.45) is 1.36. The number of nitrogens with zero attached hydrogens (tertiary/aromatic N) is 1. The minimum Gasteiger partial charge on any atom is -0.340 e. The predicted molar refractivity (Wildman–Crippen MR) is 82.6 cm³/mol. The minimum absolute atomic E-state index is 0.00595. The Morgan fingerprint density at radius 3 is 2.52 bits per heavy atom. The van der Waals surface area contributed by atoms with Gasteiger partial charge in [-0.3, -0.25) is 9.59 Å². The third-order valence-electron chi connectivity index (χ3n) is 4.18. The van der Waals surface area contributed by atoms with Crippen LogP contribution in [-0.2, 0) is 9.59 Å². The number of rotatable bonds is 4. The Labute approximate surface area is 126 Å². The van der Waals surface area contributed by atoms with Crippen molar-refractivity contribution >= 4 is 11.8 Å². The van der Waals surface area contributed by atoms with Crippen molar-refractivity contribution in [3.63, 3.8) is 0 Å². The minimum atomic E-state index is -0.561. The molecule has 1 atom stereocenters. The second-order valence-corrected chi connectivity index (χ2v) is 6.44. The molecule has 0 spiro atoms. The first-order chi connectivity index (χ1) is 9.93. The normalized spacial score (nSPS) is 20.1. The molecule has 0 saturated carbocycles. The van der Waals surface area contributed by atoms with Gasteiger partial charge in [-0.2, -0.15) is 0 Å². The average Bonchev–Trinajstić information content (AvgIpc) is 2.61. The third-order valence-corrected chi connectivity index (χ3v) is 4.18. The van der Waals surface area contributed by atoms with Gasteiger partial charge in [-0.25, -0.2) is 0 Å². The van der Waals surface area contributed by atoms with Crippen molar-refractivity contribution < 1.29 is 9.59 Å². The maximum atomic E-state index is 12.8. The van der Waals surface area contributed by atoms with Gasteiger partial charge in [0.2, 0.25) is 11.8 Å². The lowest BCUT2D eigenvalue weighted by Gasteiger charge is -2.32. The van der Waals surface area contributed by atoms with E-state index in [4.69, 9.17) is 0 Å². The van der Waals surface area contributed by atoms with Crippen LogP contribution in [0.1, 0.15) is 45.2 Å². The molecule has 1 aromatic rings. The zero-order valence-corrected chi connectivity index (χ0v) is 13.1. The molecule has 2 rings (SSSR count). The van der Waals surface area contributed by atoms with Gasteiger partial charge in [0.05, 0.1) is 0 Å². The fourth-order valence-corrected chi connectivity index (χ4v) is 2.48. The number of nitrogens with one attached hydrogen (secondary N) is 1. The van der Waals surface area contributed by atoms with E-state index in [1.165, 1.54) is 0 Å². The van der Waals surface area contributed by atoms with Gasteiger partial charge in [-0.15, -0.1) is 0 Å². The number of hydrogen-bond donors (Lipinski definition) is 1. The summed E-state index contributed by atoms with van der Waals surface area (Å²) < 4.78 is 0. The van der Waals surface area contributed by atoms with E-state index in [-0.39, 0.29) is 17.2 Å². The Morgan fingerprint density at radius 2 is 1.90 bits per heavy atom. The van der Waals surface area contributed by atoms with E-state index in [1.807, 2.05) is 35.2 Å². The molecule has 1 N–H and O–H groups in total. The Bertz CT molecular complexity index is 511. The fourth-order valence-electron chi connectivity index (χ4n) is 2.48. The molecule has 1 unspecified atom stereocenters. The summed E-state index contributed by atoms with van der Waals surface area (Å²) in [5.74, 6) is -0.0671. The van der Waals surface area contributed by atoms with Crippen molar-refractivity contribution in [1.82, 2.24) is 10.2 Å². The topological polar surface area (TPSA) is 49.4 Å². The van der Waals surface area contributed by atoms with Gasteiger partial charge < -0.3 is 10.2 Å². The van der Waals surface area contributed by atoms with Gasteiger partial charge in [-0.05, 0) is 17.4 Å². The molecule has 0 aromatic heterocycles. The van der Waals surface area contributed by atoms with Crippen molar-refractivity contribution in [2.24, 2.45) is 5.41 Å². The molecule has 0 bridgehead atoms. The second kappa shape index (κ2) is 6.29. The van der Waals surface area contributed by atoms with Crippen LogP contribution in [0, 0.1) is 5.41 Å². The highest BCUT2D eigenvalue weighted by atomic mass is 16.2. The summed E-state index contributed by atoms with van der Waals surface area (Å²) in [6.45, 7) is 7.61. The number of benzene rings is 1. The van der Waals surface area contributed by atoms with Crippen LogP contribution in [0.15, 0.2) is 30.3 Å². The first kappa shape index (κ1) is 15.5. The monoisotopic (exact) mass is 288 g/mol. The molecular formula is C17H24N2O2. The van der Waals surface area contributed by atoms with Gasteiger partial charge >= 0.3 is 0 Å². The molecule has 0 radical (unpaired) electrons. The lowest BCUT2D eigenvalue weighted by Crippen LogP contribution is -2.42. The first-order valence-electron chi connectivity index (χ1n) is 7.56. The number of carbonyl (C=O) groups excluding carboxylic acids is 2. The Balaban J connectivity index is 2.24. The van der Waals surface area contributed by atoms with E-state index in [1.54, 1.807) is 0 Å². The maximum Gasteiger partial charge on any atom is 0.249 e. The van der Waals surface area contributed by atoms with Crippen LogP contribution in [0.3, 0.4) is 0 Å². The van der Waals surface area contributed by atoms with Crippen LogP contribution in [0.2, 0.25) is 0 Å². The molecule has 114 valence electrons. The molecule has 2 amide bonds. The number of carbonyl (C=O) groups is 2. The highest BCUT2D eigenvalue weighted by Crippen LogP contribution is 2.25. The molecule has 21 heavy (non-hydrogen) atoms. The highest BCUT2D eigenvalue weighted by Gasteiger charge is 2.33. The fraction of sp³-hybridized carbons (Fsp3) is 0.529. The maximum absolute atomic E-state index is 12.8. The molecule has 1 fully saturated rings. The first-order valence-corrected chi connectivity index (χ1v) is 7.56. The summed E-state index contributed by atoms with van der Waals surface area (Å²) in [7, 11) is 0. The van der Waals surface area contributed by atoms with Crippen molar-refractivity contribution in [2.75, 3.05) is 13.1 Å². The van der Waals surface area contributed by atoms with E-state index in [0.717, 1.165) is 12.0 Å². The Hall–Kier alpha value is -1.84. The van der Waals surface area contributed by atoms with Gasteiger partial charge in [0, 0.05) is 19.5 Å². The summed E-state index contributed by atoms with van der Waals surface area (Å²) in [4.78, 5) is 26.5. The molecule has 1 aliphatic rings. The number of amides is 2. The molecule has 1 saturated heterocycles. The summed E-state index contributed by atoms with van der Waals surface area (Å²) in [6, 6.07) is 8.90. The van der Waals surface area contributed by atoms with Gasteiger partial charge in [0.25, 0.3) is 0 Å². The van der Waals surface area contributed by atoms with Crippen molar-refractivity contribution in [1.29, 1.82) is 0 Å². The lowest BCUT2D eigenvalue weighted by atomic mass is 9.89. The summed E-state index contributed by atoms with van der Waals surface area (Å²) in [5.41, 5.74) is 0.904. The second-order valence-electron chi connectivity index (χ2n) is 6.44. The Kier molecular flexibility index (Phi) is 4.66. The van der Waals surface area contributed by atoms with E-state index in [9.17, 15) is 9.59 Å². The molecule has 1 aromatic carbocycles. The smallest absolute Gasteiger partial charge is 0.249 e. The van der Waals surface area contributed by atoms with Gasteiger partial charge in [-0.1, -0.05) is 51.1 Å². The zero-order valence-electron chi connectivity index (χ0n) is 13.1. The summed E-state index contributed by atoms with van der Waals surface area (Å²) >= 11 is 0. The van der Waals surface area contributed by atoms with E-state index in [0.29, 0.717) is 19.5 Å². The van der Waals surface area contributed by atoms with Crippen molar-refractivity contribution in [3.8, 4) is 0 Å². The molecule has 1 aliphatic heterocycles. The van der Waals surface area contributed by atoms with Gasteiger partial charge in [0.15, 0.2) is 0 Å². The molecule has 4 nitrogen and oxygen atoms in total. The van der Waals surface area contributed by atoms with Crippen LogP contribution >= 0.6 is 0 Å². The lowest BCUT2D eigenvalue weighted by molar-refractivity contribution is -0.135. The number of hydrogen-bond acceptors (Lipinski definition) is 2. The third kappa shape index (κ3) is 3.84. The highest BCUT2D eigenvalue weighted by molar-refractivity contribution is 5.90. The van der Waals surface area contributed by atoms with Crippen molar-refractivity contribution in [2.45, 2.75) is 39.7 Å². The quantitative estimate of drug-likeness (QED) is 0.925. The standard InChI is InChI=1S/C17H24N2O2/c1-4-17(2,3)12-19-11-10-14(20)18-15(16(19)21)13-8-6-5-7-9-13/h5-9,15H,4,10-12H2,1-3H3,(H,18,20). The SMILES string of the molecule is CCC(C)(C)CN1CCC(=O)NC(c2ccccc2)C1=O. The molecule has 4 heteroatoms. The van der Waals surface area contributed by atoms with Crippen LogP contribution < -0.4 is 5.32 Å². The molecule has 1 heterocycles. The van der Waals surface area contributed by atoms with Crippen LogP contribution in [-0.4, -0.2) is 29.8 Å². The summed E-state index contributed by atoms with van der Waals surface area (Å²) in [5, 5.41) is 2.85. The van der Waals surface area contributed by atoms with Crippen LogP contribution in [0.4, 0.5) is 0 Å². The van der Waals surface area contributed by atoms with E-state index < -0.39 is 6.04 Å². The Morgan fingerprint density at radius 1 is 1.24 bits per heavy atom. The van der Waals surface area contributed by atoms with Gasteiger partial charge in [0.1, 0.15) is 6.04 Å². The van der Waals surface area contributed by atoms with Crippen molar-refractivity contribution in [3.05, 3.63) is 35.9 Å². The molecule has 0 aliphatic carbocycles. The van der Waals surface area contributed by atoms with Crippen LogP contribution in [0.5, 0.6) is 0 Å². The van der Waals surface area contributed by atoms with Crippen LogP contribution in [0.25, 0.3) is 0 Å². The zero-order chi connectivity index (χ0) is 15.5. The van der Waals surface area contributed by atoms with E-state index >= 15 is 0 Å². The molecular weight excluding hydrogens is 264 g/mol. The average molecular weight is 288 g/mol.